The predicted molar refractivity (Wildman–Crippen MR) is 69.6 cm³/mol. The molecule has 19 heavy (non-hydrogen) atoms. The summed E-state index contributed by atoms with van der Waals surface area (Å²) in [5, 5.41) is 14.8. The summed E-state index contributed by atoms with van der Waals surface area (Å²) in [5.41, 5.74) is 0.563. The van der Waals surface area contributed by atoms with Gasteiger partial charge in [-0.1, -0.05) is 17.3 Å². The van der Waals surface area contributed by atoms with Crippen molar-refractivity contribution in [2.45, 2.75) is 4.90 Å². The molecule has 0 aliphatic heterocycles. The molecule has 0 saturated heterocycles. The third kappa shape index (κ3) is 2.94. The smallest absolute Gasteiger partial charge is 0.374 e. The highest BCUT2D eigenvalue weighted by Gasteiger charge is 2.17. The summed E-state index contributed by atoms with van der Waals surface area (Å²) < 4.78 is 4.53. The van der Waals surface area contributed by atoms with Crippen molar-refractivity contribution in [3.8, 4) is 0 Å². The molecule has 0 spiro atoms. The molecule has 0 fully saturated rings. The molecule has 1 aromatic heterocycles. The zero-order valence-electron chi connectivity index (χ0n) is 9.91. The zero-order chi connectivity index (χ0) is 13.8. The minimum absolute atomic E-state index is 0.0756. The van der Waals surface area contributed by atoms with Gasteiger partial charge in [-0.15, -0.1) is 11.8 Å². The molecule has 2 N–H and O–H groups in total. The second-order valence-corrected chi connectivity index (χ2v) is 4.38. The average Bonchev–Trinajstić information content (AvgIpc) is 2.89. The Morgan fingerprint density at radius 3 is 2.74 bits per heavy atom. The molecule has 2 rings (SSSR count). The third-order valence-electron chi connectivity index (χ3n) is 2.31. The van der Waals surface area contributed by atoms with E-state index < -0.39 is 11.9 Å². The summed E-state index contributed by atoms with van der Waals surface area (Å²) in [6.45, 7) is 0. The van der Waals surface area contributed by atoms with Crippen LogP contribution in [0.25, 0.3) is 0 Å². The number of carbonyl (C=O) groups is 2. The standard InChI is InChI=1S/C12H10N2O4S/c1-19-10-5-3-2-4-7(10)13-11(15)8-6-9(12(16)17)18-14-8/h2-6H,1H3,(H,13,15)(H,16,17). The van der Waals surface area contributed by atoms with Gasteiger partial charge in [-0.2, -0.15) is 0 Å². The number of rotatable bonds is 4. The van der Waals surface area contributed by atoms with E-state index in [9.17, 15) is 9.59 Å². The summed E-state index contributed by atoms with van der Waals surface area (Å²) in [6.07, 6.45) is 1.89. The quantitative estimate of drug-likeness (QED) is 0.834. The van der Waals surface area contributed by atoms with Crippen molar-refractivity contribution in [1.29, 1.82) is 0 Å². The summed E-state index contributed by atoms with van der Waals surface area (Å²) >= 11 is 1.49. The van der Waals surface area contributed by atoms with Crippen LogP contribution in [0.5, 0.6) is 0 Å². The van der Waals surface area contributed by atoms with Crippen LogP contribution < -0.4 is 5.32 Å². The van der Waals surface area contributed by atoms with Gasteiger partial charge in [0.05, 0.1) is 5.69 Å². The molecule has 0 radical (unpaired) electrons. The maximum atomic E-state index is 11.9. The van der Waals surface area contributed by atoms with Crippen molar-refractivity contribution in [2.24, 2.45) is 0 Å². The van der Waals surface area contributed by atoms with Crippen molar-refractivity contribution in [1.82, 2.24) is 5.16 Å². The molecule has 0 unspecified atom stereocenters. The number of nitrogens with zero attached hydrogens (tertiary/aromatic N) is 1. The van der Waals surface area contributed by atoms with E-state index in [4.69, 9.17) is 5.11 Å². The lowest BCUT2D eigenvalue weighted by atomic mass is 10.3. The fourth-order valence-electron chi connectivity index (χ4n) is 1.42. The SMILES string of the molecule is CSc1ccccc1NC(=O)c1cc(C(=O)O)on1. The van der Waals surface area contributed by atoms with Gasteiger partial charge < -0.3 is 14.9 Å². The Balaban J connectivity index is 2.18. The van der Waals surface area contributed by atoms with Crippen LogP contribution in [0.3, 0.4) is 0 Å². The van der Waals surface area contributed by atoms with Crippen molar-refractivity contribution >= 4 is 29.3 Å². The minimum Gasteiger partial charge on any atom is -0.475 e. The van der Waals surface area contributed by atoms with E-state index in [1.165, 1.54) is 11.8 Å². The van der Waals surface area contributed by atoms with E-state index in [-0.39, 0.29) is 11.5 Å². The molecule has 2 aromatic rings. The number of amides is 1. The molecule has 1 aromatic carbocycles. The molecular formula is C12H10N2O4S. The number of anilines is 1. The van der Waals surface area contributed by atoms with Crippen LogP contribution in [0.1, 0.15) is 21.0 Å². The number of carbonyl (C=O) groups excluding carboxylic acids is 1. The van der Waals surface area contributed by atoms with Gasteiger partial charge in [-0.25, -0.2) is 4.79 Å². The Hall–Kier alpha value is -2.28. The zero-order valence-corrected chi connectivity index (χ0v) is 10.7. The van der Waals surface area contributed by atoms with Crippen molar-refractivity contribution in [3.05, 3.63) is 41.8 Å². The number of benzene rings is 1. The second kappa shape index (κ2) is 5.57. The van der Waals surface area contributed by atoms with Gasteiger partial charge in [-0.3, -0.25) is 4.79 Å². The van der Waals surface area contributed by atoms with E-state index >= 15 is 0 Å². The second-order valence-electron chi connectivity index (χ2n) is 3.54. The topological polar surface area (TPSA) is 92.4 Å². The molecule has 0 bridgehead atoms. The molecule has 0 aliphatic rings. The number of nitrogens with one attached hydrogen (secondary N) is 1. The number of para-hydroxylation sites is 1. The van der Waals surface area contributed by atoms with Gasteiger partial charge in [0.1, 0.15) is 0 Å². The molecule has 0 atom stereocenters. The van der Waals surface area contributed by atoms with Gasteiger partial charge in [0.15, 0.2) is 5.69 Å². The molecule has 6 nitrogen and oxygen atoms in total. The lowest BCUT2D eigenvalue weighted by Gasteiger charge is -2.07. The first-order valence-electron chi connectivity index (χ1n) is 5.26. The number of thioether (sulfide) groups is 1. The fourth-order valence-corrected chi connectivity index (χ4v) is 1.97. The van der Waals surface area contributed by atoms with Gasteiger partial charge in [0.25, 0.3) is 5.91 Å². The van der Waals surface area contributed by atoms with E-state index in [0.717, 1.165) is 11.0 Å². The van der Waals surface area contributed by atoms with Crippen LogP contribution in [-0.4, -0.2) is 28.4 Å². The van der Waals surface area contributed by atoms with E-state index in [1.807, 2.05) is 18.4 Å². The molecular weight excluding hydrogens is 268 g/mol. The highest BCUT2D eigenvalue weighted by molar-refractivity contribution is 7.98. The Kier molecular flexibility index (Phi) is 3.86. The van der Waals surface area contributed by atoms with Crippen molar-refractivity contribution in [2.75, 3.05) is 11.6 Å². The molecule has 0 saturated carbocycles. The molecule has 1 heterocycles. The van der Waals surface area contributed by atoms with Crippen LogP contribution in [0, 0.1) is 0 Å². The highest BCUT2D eigenvalue weighted by Crippen LogP contribution is 2.24. The number of carboxylic acid groups (broad SMARTS) is 1. The van der Waals surface area contributed by atoms with Gasteiger partial charge in [0, 0.05) is 11.0 Å². The monoisotopic (exact) mass is 278 g/mol. The third-order valence-corrected chi connectivity index (χ3v) is 3.10. The first-order valence-corrected chi connectivity index (χ1v) is 6.48. The minimum atomic E-state index is -1.27. The number of carboxylic acids is 1. The molecule has 1 amide bonds. The first-order chi connectivity index (χ1) is 9.11. The largest absolute Gasteiger partial charge is 0.475 e. The van der Waals surface area contributed by atoms with Crippen LogP contribution in [-0.2, 0) is 0 Å². The normalized spacial score (nSPS) is 10.2. The van der Waals surface area contributed by atoms with Crippen LogP contribution in [0.2, 0.25) is 0 Å². The van der Waals surface area contributed by atoms with Crippen molar-refractivity contribution < 1.29 is 19.2 Å². The fraction of sp³-hybridized carbons (Fsp3) is 0.0833. The van der Waals surface area contributed by atoms with Crippen LogP contribution in [0.15, 0.2) is 39.8 Å². The average molecular weight is 278 g/mol. The molecule has 0 aliphatic carbocycles. The Labute approximate surface area is 112 Å². The number of hydrogen-bond donors (Lipinski definition) is 2. The maximum Gasteiger partial charge on any atom is 0.374 e. The van der Waals surface area contributed by atoms with E-state index in [2.05, 4.69) is 15.0 Å². The molecule has 7 heteroatoms. The lowest BCUT2D eigenvalue weighted by Crippen LogP contribution is -2.12. The number of aromatic carboxylic acids is 1. The Morgan fingerprint density at radius 1 is 1.37 bits per heavy atom. The summed E-state index contributed by atoms with van der Waals surface area (Å²) in [5.74, 6) is -2.16. The highest BCUT2D eigenvalue weighted by atomic mass is 32.2. The Morgan fingerprint density at radius 2 is 2.11 bits per heavy atom. The van der Waals surface area contributed by atoms with E-state index in [1.54, 1.807) is 12.1 Å². The first kappa shape index (κ1) is 13.2. The molecule has 98 valence electrons. The lowest BCUT2D eigenvalue weighted by molar-refractivity contribution is 0.0651. The van der Waals surface area contributed by atoms with Crippen LogP contribution in [0.4, 0.5) is 5.69 Å². The maximum absolute atomic E-state index is 11.9. The van der Waals surface area contributed by atoms with Crippen molar-refractivity contribution in [3.63, 3.8) is 0 Å². The predicted octanol–water partition coefficient (Wildman–Crippen LogP) is 2.35. The number of hydrogen-bond acceptors (Lipinski definition) is 5. The summed E-state index contributed by atoms with van der Waals surface area (Å²) in [6, 6.07) is 8.36. The summed E-state index contributed by atoms with van der Waals surface area (Å²) in [7, 11) is 0. The van der Waals surface area contributed by atoms with Crippen LogP contribution >= 0.6 is 11.8 Å². The summed E-state index contributed by atoms with van der Waals surface area (Å²) in [4.78, 5) is 23.4. The number of aromatic nitrogens is 1. The Bertz CT molecular complexity index is 624. The van der Waals surface area contributed by atoms with E-state index in [0.29, 0.717) is 5.69 Å². The van der Waals surface area contributed by atoms with Gasteiger partial charge in [-0.05, 0) is 18.4 Å². The van der Waals surface area contributed by atoms with Gasteiger partial charge >= 0.3 is 5.97 Å². The van der Waals surface area contributed by atoms with Gasteiger partial charge in [0.2, 0.25) is 5.76 Å².